The fourth-order valence-electron chi connectivity index (χ4n) is 5.59. The largest absolute Gasteiger partial charge is 0.375 e. The van der Waals surface area contributed by atoms with Crippen LogP contribution in [0.15, 0.2) is 48.9 Å². The molecule has 0 bridgehead atoms. The lowest BCUT2D eigenvalue weighted by Gasteiger charge is -2.40. The fourth-order valence-corrected chi connectivity index (χ4v) is 5.59. The molecule has 2 aliphatic rings. The van der Waals surface area contributed by atoms with Gasteiger partial charge in [0.25, 0.3) is 0 Å². The third kappa shape index (κ3) is 4.32. The molecule has 5 heterocycles. The predicted molar refractivity (Wildman–Crippen MR) is 139 cm³/mol. The number of rotatable bonds is 6. The number of hydrogen-bond donors (Lipinski definition) is 1. The second kappa shape index (κ2) is 9.68. The van der Waals surface area contributed by atoms with Crippen molar-refractivity contribution in [2.45, 2.75) is 31.4 Å². The van der Waals surface area contributed by atoms with Crippen LogP contribution in [0.25, 0.3) is 16.8 Å². The van der Waals surface area contributed by atoms with E-state index in [1.165, 1.54) is 19.2 Å². The van der Waals surface area contributed by atoms with Crippen molar-refractivity contribution in [2.75, 3.05) is 38.3 Å². The first-order valence-electron chi connectivity index (χ1n) is 12.8. The molecule has 38 heavy (non-hydrogen) atoms. The summed E-state index contributed by atoms with van der Waals surface area (Å²) in [5, 5.41) is 4.60. The van der Waals surface area contributed by atoms with Gasteiger partial charge in [0.2, 0.25) is 0 Å². The van der Waals surface area contributed by atoms with Gasteiger partial charge < -0.3 is 20.1 Å². The van der Waals surface area contributed by atoms with E-state index in [4.69, 9.17) is 15.2 Å². The number of imidazole rings is 1. The number of fused-ring (bicyclic) bond motifs is 1. The Balaban J connectivity index is 1.34. The van der Waals surface area contributed by atoms with E-state index in [0.29, 0.717) is 23.7 Å². The lowest BCUT2D eigenvalue weighted by Crippen LogP contribution is -2.48. The van der Waals surface area contributed by atoms with Gasteiger partial charge in [-0.3, -0.25) is 4.98 Å². The summed E-state index contributed by atoms with van der Waals surface area (Å²) in [6.07, 6.45) is 6.77. The summed E-state index contributed by atoms with van der Waals surface area (Å²) < 4.78 is 43.0. The third-order valence-corrected chi connectivity index (χ3v) is 7.60. The van der Waals surface area contributed by atoms with Crippen LogP contribution < -0.4 is 10.6 Å². The number of aromatic nitrogens is 4. The molecule has 2 atom stereocenters. The quantitative estimate of drug-likeness (QED) is 0.415. The molecule has 3 aromatic heterocycles. The highest BCUT2D eigenvalue weighted by atomic mass is 19.1. The van der Waals surface area contributed by atoms with E-state index in [1.807, 2.05) is 12.3 Å². The normalized spacial score (nSPS) is 21.0. The smallest absolute Gasteiger partial charge is 0.139 e. The Morgan fingerprint density at radius 2 is 1.92 bits per heavy atom. The van der Waals surface area contributed by atoms with Gasteiger partial charge in [-0.2, -0.15) is 5.10 Å². The molecule has 0 aliphatic carbocycles. The minimum atomic E-state index is -0.827. The molecule has 2 saturated heterocycles. The van der Waals surface area contributed by atoms with Crippen LogP contribution in [0, 0.1) is 17.6 Å². The van der Waals surface area contributed by atoms with Gasteiger partial charge in [-0.1, -0.05) is 6.92 Å². The van der Waals surface area contributed by atoms with Crippen molar-refractivity contribution >= 4 is 11.2 Å². The Hall–Kier alpha value is -3.47. The highest BCUT2D eigenvalue weighted by molar-refractivity contribution is 5.64. The molecule has 1 aromatic carbocycles. The number of piperidine rings is 1. The third-order valence-electron chi connectivity index (χ3n) is 7.60. The first kappa shape index (κ1) is 24.8. The van der Waals surface area contributed by atoms with Gasteiger partial charge in [-0.15, -0.1) is 0 Å². The van der Waals surface area contributed by atoms with Crippen molar-refractivity contribution in [3.8, 4) is 11.3 Å². The van der Waals surface area contributed by atoms with Crippen LogP contribution in [-0.4, -0.2) is 59.0 Å². The molecule has 0 saturated carbocycles. The monoisotopic (exact) mass is 520 g/mol. The highest BCUT2D eigenvalue weighted by Crippen LogP contribution is 2.36. The average molecular weight is 521 g/mol. The molecule has 0 amide bonds. The number of nitrogens with two attached hydrogens (primary N) is 1. The maximum Gasteiger partial charge on any atom is 0.139 e. The Morgan fingerprint density at radius 3 is 2.61 bits per heavy atom. The van der Waals surface area contributed by atoms with Crippen molar-refractivity contribution in [1.29, 1.82) is 0 Å². The van der Waals surface area contributed by atoms with E-state index in [9.17, 15) is 0 Å². The van der Waals surface area contributed by atoms with Gasteiger partial charge in [-0.25, -0.2) is 18.3 Å². The number of nitrogens with zero attached hydrogens (tertiary/aromatic N) is 5. The lowest BCUT2D eigenvalue weighted by atomic mass is 9.90. The number of hydrogen-bond acceptors (Lipinski definition) is 7. The maximum atomic E-state index is 15.3. The first-order chi connectivity index (χ1) is 18.4. The predicted octanol–water partition coefficient (Wildman–Crippen LogP) is 3.71. The maximum absolute atomic E-state index is 15.3. The van der Waals surface area contributed by atoms with Crippen LogP contribution in [0.1, 0.15) is 30.3 Å². The molecular formula is C28H30F2N6O2. The highest BCUT2D eigenvalue weighted by Gasteiger charge is 2.41. The van der Waals surface area contributed by atoms with E-state index < -0.39 is 17.2 Å². The molecule has 0 spiro atoms. The van der Waals surface area contributed by atoms with Crippen LogP contribution in [0.3, 0.4) is 0 Å². The summed E-state index contributed by atoms with van der Waals surface area (Å²) in [5.41, 5.74) is 8.65. The number of benzene rings is 1. The van der Waals surface area contributed by atoms with Gasteiger partial charge in [0, 0.05) is 56.3 Å². The number of pyridine rings is 1. The van der Waals surface area contributed by atoms with Crippen molar-refractivity contribution in [3.63, 3.8) is 0 Å². The molecular weight excluding hydrogens is 490 g/mol. The van der Waals surface area contributed by atoms with Crippen LogP contribution in [-0.2, 0) is 21.5 Å². The molecule has 6 rings (SSSR count). The number of ether oxygens (including phenoxy) is 2. The zero-order valence-corrected chi connectivity index (χ0v) is 21.4. The van der Waals surface area contributed by atoms with Crippen molar-refractivity contribution < 1.29 is 18.3 Å². The SMILES string of the molecule is COC1(c2cc(F)c(-c3ccc4cnc(Cc5cnccc5N5C[C@H](C)C[C@H](N)C5)n4n3)c(F)c2)COC1. The van der Waals surface area contributed by atoms with Crippen LogP contribution >= 0.6 is 0 Å². The molecule has 2 fully saturated rings. The number of anilines is 1. The van der Waals surface area contributed by atoms with Crippen molar-refractivity contribution in [1.82, 2.24) is 19.6 Å². The van der Waals surface area contributed by atoms with E-state index in [-0.39, 0.29) is 30.5 Å². The number of methoxy groups -OCH3 is 1. The summed E-state index contributed by atoms with van der Waals surface area (Å²) in [6, 6.07) is 8.09. The van der Waals surface area contributed by atoms with E-state index in [0.717, 1.165) is 36.3 Å². The van der Waals surface area contributed by atoms with Crippen LogP contribution in [0.4, 0.5) is 14.5 Å². The van der Waals surface area contributed by atoms with Gasteiger partial charge in [0.1, 0.15) is 23.1 Å². The van der Waals surface area contributed by atoms with E-state index >= 15 is 8.78 Å². The average Bonchev–Trinajstić information content (AvgIpc) is 3.25. The fraction of sp³-hybridized carbons (Fsp3) is 0.393. The molecule has 10 heteroatoms. The van der Waals surface area contributed by atoms with Crippen molar-refractivity contribution in [3.05, 3.63) is 77.5 Å². The summed E-state index contributed by atoms with van der Waals surface area (Å²) in [5.74, 6) is -0.278. The molecule has 2 N–H and O–H groups in total. The minimum absolute atomic E-state index is 0.114. The zero-order valence-electron chi connectivity index (χ0n) is 21.4. The van der Waals surface area contributed by atoms with Crippen molar-refractivity contribution in [2.24, 2.45) is 11.7 Å². The minimum Gasteiger partial charge on any atom is -0.375 e. The lowest BCUT2D eigenvalue weighted by molar-refractivity contribution is -0.202. The Bertz CT molecular complexity index is 1450. The summed E-state index contributed by atoms with van der Waals surface area (Å²) in [4.78, 5) is 11.2. The van der Waals surface area contributed by atoms with Gasteiger partial charge >= 0.3 is 0 Å². The molecule has 8 nitrogen and oxygen atoms in total. The zero-order chi connectivity index (χ0) is 26.4. The second-order valence-corrected chi connectivity index (χ2v) is 10.4. The second-order valence-electron chi connectivity index (χ2n) is 10.4. The summed E-state index contributed by atoms with van der Waals surface area (Å²) in [6.45, 7) is 4.41. The molecule has 0 radical (unpaired) electrons. The Morgan fingerprint density at radius 1 is 1.13 bits per heavy atom. The Labute approximate surface area is 219 Å². The topological polar surface area (TPSA) is 90.8 Å². The molecule has 2 aliphatic heterocycles. The van der Waals surface area contributed by atoms with Crippen LogP contribution in [0.5, 0.6) is 0 Å². The van der Waals surface area contributed by atoms with Gasteiger partial charge in [-0.05, 0) is 48.2 Å². The van der Waals surface area contributed by atoms with Gasteiger partial charge in [0.15, 0.2) is 0 Å². The number of halogens is 2. The Kier molecular flexibility index (Phi) is 6.33. The summed E-state index contributed by atoms with van der Waals surface area (Å²) in [7, 11) is 1.51. The first-order valence-corrected chi connectivity index (χ1v) is 12.8. The van der Waals surface area contributed by atoms with E-state index in [2.05, 4.69) is 26.9 Å². The standard InChI is InChI=1S/C28H30F2N6O2/c1-17-7-20(31)14-35(13-17)25-5-6-32-11-18(25)8-26-33-12-21-3-4-24(34-36(21)26)27-22(29)9-19(10-23(27)30)28(37-2)15-38-16-28/h3-6,9-12,17,20H,7-8,13-16,31H2,1-2H3/t17-,20+/m1/s1. The van der Waals surface area contributed by atoms with E-state index in [1.54, 1.807) is 29.0 Å². The van der Waals surface area contributed by atoms with Crippen LogP contribution in [0.2, 0.25) is 0 Å². The summed E-state index contributed by atoms with van der Waals surface area (Å²) >= 11 is 0. The van der Waals surface area contributed by atoms with Gasteiger partial charge in [0.05, 0.1) is 36.2 Å². The molecule has 4 aromatic rings. The molecule has 198 valence electrons. The molecule has 0 unspecified atom stereocenters.